The van der Waals surface area contributed by atoms with Gasteiger partial charge < -0.3 is 24.8 Å². The van der Waals surface area contributed by atoms with Crippen LogP contribution in [-0.4, -0.2) is 49.5 Å². The van der Waals surface area contributed by atoms with Crippen LogP contribution in [-0.2, 0) is 13.1 Å². The number of aliphatic hydroxyl groups is 1. The lowest BCUT2D eigenvalue weighted by molar-refractivity contribution is 0.0668. The van der Waals surface area contributed by atoms with Crippen molar-refractivity contribution in [2.45, 2.75) is 46.0 Å². The lowest BCUT2D eigenvalue weighted by Gasteiger charge is -2.24. The molecule has 0 bridgehead atoms. The molecule has 2 aromatic carbocycles. The Morgan fingerprint density at radius 1 is 1.04 bits per heavy atom. The van der Waals surface area contributed by atoms with Crippen molar-refractivity contribution in [3.63, 3.8) is 0 Å². The van der Waals surface area contributed by atoms with Crippen molar-refractivity contribution in [1.29, 1.82) is 0 Å². The fraction of sp³-hybridized carbons (Fsp3) is 0.478. The van der Waals surface area contributed by atoms with Gasteiger partial charge in [-0.05, 0) is 51.1 Å². The van der Waals surface area contributed by atoms with Crippen LogP contribution < -0.4 is 14.8 Å². The van der Waals surface area contributed by atoms with E-state index in [0.29, 0.717) is 24.1 Å². The molecular weight excluding hydrogens is 352 g/mol. The highest BCUT2D eigenvalue weighted by Crippen LogP contribution is 2.28. The molecule has 0 unspecified atom stereocenters. The number of hydrogen-bond acceptors (Lipinski definition) is 5. The molecule has 5 heteroatoms. The molecule has 0 saturated heterocycles. The molecule has 0 fully saturated rings. The molecule has 0 aliphatic carbocycles. The van der Waals surface area contributed by atoms with E-state index in [0.717, 1.165) is 18.7 Å². The van der Waals surface area contributed by atoms with E-state index in [1.165, 1.54) is 11.1 Å². The van der Waals surface area contributed by atoms with E-state index < -0.39 is 6.10 Å². The summed E-state index contributed by atoms with van der Waals surface area (Å²) < 4.78 is 11.3. The van der Waals surface area contributed by atoms with Crippen molar-refractivity contribution < 1.29 is 14.6 Å². The molecule has 0 amide bonds. The number of benzene rings is 2. The van der Waals surface area contributed by atoms with E-state index in [9.17, 15) is 5.11 Å². The normalized spacial score (nSPS) is 12.4. The average Bonchev–Trinajstić information content (AvgIpc) is 2.66. The van der Waals surface area contributed by atoms with E-state index in [2.05, 4.69) is 55.3 Å². The predicted molar refractivity (Wildman–Crippen MR) is 114 cm³/mol. The van der Waals surface area contributed by atoms with Crippen molar-refractivity contribution in [2.75, 3.05) is 27.3 Å². The number of aliphatic hydroxyl groups excluding tert-OH is 1. The highest BCUT2D eigenvalue weighted by Gasteiger charge is 2.13. The number of rotatable bonds is 11. The van der Waals surface area contributed by atoms with Crippen LogP contribution >= 0.6 is 0 Å². The number of aryl methyl sites for hydroxylation is 1. The molecule has 0 aliphatic heterocycles. The quantitative estimate of drug-likeness (QED) is 0.620. The third kappa shape index (κ3) is 7.15. The molecule has 0 aromatic heterocycles. The van der Waals surface area contributed by atoms with Gasteiger partial charge in [0.25, 0.3) is 0 Å². The fourth-order valence-electron chi connectivity index (χ4n) is 2.90. The zero-order chi connectivity index (χ0) is 20.5. The Hall–Kier alpha value is -2.08. The van der Waals surface area contributed by atoms with Crippen LogP contribution in [0.2, 0.25) is 0 Å². The van der Waals surface area contributed by atoms with Gasteiger partial charge in [0.15, 0.2) is 11.5 Å². The first kappa shape index (κ1) is 22.2. The first-order valence-electron chi connectivity index (χ1n) is 9.83. The molecule has 0 saturated carbocycles. The SMILES string of the molecule is COc1ccc(CNCc2cccc(C)c2)cc1OC[C@H](O)CN(C)C(C)C. The Balaban J connectivity index is 1.91. The maximum Gasteiger partial charge on any atom is 0.161 e. The number of ether oxygens (including phenoxy) is 2. The van der Waals surface area contributed by atoms with Crippen LogP contribution in [0.1, 0.15) is 30.5 Å². The molecule has 154 valence electrons. The summed E-state index contributed by atoms with van der Waals surface area (Å²) in [5, 5.41) is 13.7. The van der Waals surface area contributed by atoms with Crippen molar-refractivity contribution in [3.8, 4) is 11.5 Å². The molecule has 2 N–H and O–H groups in total. The molecule has 28 heavy (non-hydrogen) atoms. The van der Waals surface area contributed by atoms with Gasteiger partial charge in [0.1, 0.15) is 12.7 Å². The van der Waals surface area contributed by atoms with Gasteiger partial charge in [-0.1, -0.05) is 35.9 Å². The minimum absolute atomic E-state index is 0.230. The number of hydrogen-bond donors (Lipinski definition) is 2. The van der Waals surface area contributed by atoms with Crippen LogP contribution in [0, 0.1) is 6.92 Å². The second kappa shape index (κ2) is 11.1. The third-order valence-corrected chi connectivity index (χ3v) is 4.78. The molecule has 1 atom stereocenters. The summed E-state index contributed by atoms with van der Waals surface area (Å²) in [6.45, 7) is 8.64. The summed E-state index contributed by atoms with van der Waals surface area (Å²) in [5.41, 5.74) is 3.64. The van der Waals surface area contributed by atoms with Crippen LogP contribution in [0.15, 0.2) is 42.5 Å². The van der Waals surface area contributed by atoms with Gasteiger partial charge >= 0.3 is 0 Å². The van der Waals surface area contributed by atoms with E-state index in [1.54, 1.807) is 7.11 Å². The summed E-state index contributed by atoms with van der Waals surface area (Å²) >= 11 is 0. The van der Waals surface area contributed by atoms with Gasteiger partial charge in [0.05, 0.1) is 7.11 Å². The molecule has 2 rings (SSSR count). The zero-order valence-electron chi connectivity index (χ0n) is 17.7. The topological polar surface area (TPSA) is 54.0 Å². The number of nitrogens with zero attached hydrogens (tertiary/aromatic N) is 1. The summed E-state index contributed by atoms with van der Waals surface area (Å²) in [4.78, 5) is 2.09. The Bertz CT molecular complexity index is 734. The van der Waals surface area contributed by atoms with Crippen molar-refractivity contribution in [3.05, 3.63) is 59.2 Å². The lowest BCUT2D eigenvalue weighted by atomic mass is 10.1. The zero-order valence-corrected chi connectivity index (χ0v) is 17.7. The molecule has 0 aliphatic rings. The van der Waals surface area contributed by atoms with Crippen molar-refractivity contribution in [1.82, 2.24) is 10.2 Å². The maximum atomic E-state index is 10.2. The highest BCUT2D eigenvalue weighted by molar-refractivity contribution is 5.43. The van der Waals surface area contributed by atoms with Crippen molar-refractivity contribution in [2.24, 2.45) is 0 Å². The molecule has 2 aromatic rings. The Morgan fingerprint density at radius 3 is 2.39 bits per heavy atom. The third-order valence-electron chi connectivity index (χ3n) is 4.78. The molecular formula is C23H34N2O3. The van der Waals surface area contributed by atoms with Crippen LogP contribution in [0.4, 0.5) is 0 Å². The molecule has 0 heterocycles. The molecule has 5 nitrogen and oxygen atoms in total. The Labute approximate surface area is 169 Å². The van der Waals surface area contributed by atoms with Gasteiger partial charge in [-0.25, -0.2) is 0 Å². The van der Waals surface area contributed by atoms with Gasteiger partial charge in [-0.3, -0.25) is 0 Å². The first-order chi connectivity index (χ1) is 13.4. The monoisotopic (exact) mass is 386 g/mol. The van der Waals surface area contributed by atoms with Gasteiger partial charge in [-0.15, -0.1) is 0 Å². The number of likely N-dealkylation sites (N-methyl/N-ethyl adjacent to an activating group) is 1. The summed E-state index contributed by atoms with van der Waals surface area (Å²) in [6, 6.07) is 14.8. The van der Waals surface area contributed by atoms with E-state index in [-0.39, 0.29) is 6.61 Å². The van der Waals surface area contributed by atoms with Crippen LogP contribution in [0.5, 0.6) is 11.5 Å². The minimum atomic E-state index is -0.555. The van der Waals surface area contributed by atoms with Crippen molar-refractivity contribution >= 4 is 0 Å². The standard InChI is InChI=1S/C23H34N2O3/c1-17(2)25(4)15-21(26)16-28-23-12-20(9-10-22(23)27-5)14-24-13-19-8-6-7-18(3)11-19/h6-12,17,21,24,26H,13-16H2,1-5H3/t21-/m1/s1. The number of nitrogens with one attached hydrogen (secondary N) is 1. The lowest BCUT2D eigenvalue weighted by Crippen LogP contribution is -2.37. The van der Waals surface area contributed by atoms with E-state index in [1.807, 2.05) is 25.2 Å². The van der Waals surface area contributed by atoms with Gasteiger partial charge in [-0.2, -0.15) is 0 Å². The molecule has 0 spiro atoms. The second-order valence-electron chi connectivity index (χ2n) is 7.58. The summed E-state index contributed by atoms with van der Waals surface area (Å²) in [5.74, 6) is 1.33. The molecule has 0 radical (unpaired) electrons. The predicted octanol–water partition coefficient (Wildman–Crippen LogP) is 3.37. The van der Waals surface area contributed by atoms with E-state index >= 15 is 0 Å². The summed E-state index contributed by atoms with van der Waals surface area (Å²) in [7, 11) is 3.62. The fourth-order valence-corrected chi connectivity index (χ4v) is 2.90. The first-order valence-corrected chi connectivity index (χ1v) is 9.83. The average molecular weight is 387 g/mol. The smallest absolute Gasteiger partial charge is 0.161 e. The van der Waals surface area contributed by atoms with Crippen LogP contribution in [0.25, 0.3) is 0 Å². The maximum absolute atomic E-state index is 10.2. The summed E-state index contributed by atoms with van der Waals surface area (Å²) in [6.07, 6.45) is -0.555. The number of methoxy groups -OCH3 is 1. The largest absolute Gasteiger partial charge is 0.493 e. The second-order valence-corrected chi connectivity index (χ2v) is 7.58. The Kier molecular flexibility index (Phi) is 8.77. The van der Waals surface area contributed by atoms with Gasteiger partial charge in [0, 0.05) is 25.7 Å². The minimum Gasteiger partial charge on any atom is -0.493 e. The van der Waals surface area contributed by atoms with Crippen LogP contribution in [0.3, 0.4) is 0 Å². The highest BCUT2D eigenvalue weighted by atomic mass is 16.5. The van der Waals surface area contributed by atoms with Gasteiger partial charge in [0.2, 0.25) is 0 Å². The van der Waals surface area contributed by atoms with E-state index in [4.69, 9.17) is 9.47 Å². The Morgan fingerprint density at radius 2 is 1.75 bits per heavy atom.